The lowest BCUT2D eigenvalue weighted by molar-refractivity contribution is -0.153. The molecule has 0 bridgehead atoms. The van der Waals surface area contributed by atoms with E-state index in [1.807, 2.05) is 0 Å². The van der Waals surface area contributed by atoms with Crippen LogP contribution in [0, 0.1) is 11.8 Å². The Bertz CT molecular complexity index is 2040. The second kappa shape index (κ2) is 14.7. The van der Waals surface area contributed by atoms with Crippen molar-refractivity contribution in [2.24, 2.45) is 17.6 Å². The second-order valence-corrected chi connectivity index (χ2v) is 15.0. The van der Waals surface area contributed by atoms with Crippen LogP contribution in [0.15, 0.2) is 47.5 Å². The number of rotatable bonds is 9. The van der Waals surface area contributed by atoms with Gasteiger partial charge < -0.3 is 45.9 Å². The average molecular weight is 765 g/mol. The number of hydrogen-bond acceptors (Lipinski definition) is 15. The maximum absolute atomic E-state index is 14.3. The van der Waals surface area contributed by atoms with E-state index in [9.17, 15) is 49.2 Å². The quantitative estimate of drug-likeness (QED) is 0.0913. The van der Waals surface area contributed by atoms with Crippen LogP contribution in [-0.4, -0.2) is 129 Å². The van der Waals surface area contributed by atoms with Crippen LogP contribution in [0.25, 0.3) is 5.76 Å². The number of benzene rings is 1. The number of amides is 3. The van der Waals surface area contributed by atoms with Crippen LogP contribution >= 0.6 is 0 Å². The summed E-state index contributed by atoms with van der Waals surface area (Å²) < 4.78 is 10.1. The summed E-state index contributed by atoms with van der Waals surface area (Å²) in [5, 5.41) is 48.9. The van der Waals surface area contributed by atoms with Crippen molar-refractivity contribution in [3.63, 3.8) is 0 Å². The Kier molecular flexibility index (Phi) is 10.7. The number of aromatic hydroxyl groups is 1. The van der Waals surface area contributed by atoms with Crippen LogP contribution < -0.4 is 16.0 Å². The van der Waals surface area contributed by atoms with Crippen LogP contribution in [0.1, 0.15) is 48.7 Å². The number of esters is 1. The summed E-state index contributed by atoms with van der Waals surface area (Å²) in [6.45, 7) is 3.55. The van der Waals surface area contributed by atoms with Gasteiger partial charge in [0, 0.05) is 49.2 Å². The lowest BCUT2D eigenvalue weighted by Gasteiger charge is -2.50. The molecule has 1 aromatic carbocycles. The molecule has 55 heavy (non-hydrogen) atoms. The molecular formula is C37H44N6O12. The number of carbonyl (C=O) groups excluding carboxylic acids is 6. The fourth-order valence-corrected chi connectivity index (χ4v) is 7.48. The number of aromatic nitrogens is 1. The van der Waals surface area contributed by atoms with E-state index in [4.69, 9.17) is 15.2 Å². The summed E-state index contributed by atoms with van der Waals surface area (Å²) >= 11 is 0. The number of aliphatic hydroxyl groups is 3. The molecule has 3 amide bonds. The number of aliphatic hydroxyl groups excluding tert-OH is 2. The number of nitrogens with one attached hydrogen (secondary N) is 1. The summed E-state index contributed by atoms with van der Waals surface area (Å²) in [5.41, 5.74) is 0.850. The highest BCUT2D eigenvalue weighted by Gasteiger charge is 2.64. The number of ketones is 2. The molecule has 1 fully saturated rings. The van der Waals surface area contributed by atoms with Gasteiger partial charge in [0.2, 0.25) is 18.5 Å². The summed E-state index contributed by atoms with van der Waals surface area (Å²) in [6, 6.07) is 3.04. The van der Waals surface area contributed by atoms with Gasteiger partial charge in [-0.1, -0.05) is 0 Å². The zero-order chi connectivity index (χ0) is 40.9. The van der Waals surface area contributed by atoms with Crippen LogP contribution in [0.5, 0.6) is 5.75 Å². The van der Waals surface area contributed by atoms with Crippen molar-refractivity contribution in [1.29, 1.82) is 0 Å². The van der Waals surface area contributed by atoms with Crippen LogP contribution in [0.4, 0.5) is 16.2 Å². The van der Waals surface area contributed by atoms with E-state index in [1.165, 1.54) is 49.6 Å². The normalized spacial score (nSPS) is 22.0. The molecule has 1 heterocycles. The monoisotopic (exact) mass is 764 g/mol. The Labute approximate surface area is 315 Å². The van der Waals surface area contributed by atoms with Crippen molar-refractivity contribution in [3.8, 4) is 5.75 Å². The van der Waals surface area contributed by atoms with Crippen molar-refractivity contribution in [1.82, 2.24) is 14.8 Å². The first-order chi connectivity index (χ1) is 25.6. The Morgan fingerprint density at radius 3 is 2.24 bits per heavy atom. The topological polar surface area (TPSA) is 262 Å². The molecule has 5 rings (SSSR count). The van der Waals surface area contributed by atoms with E-state index in [-0.39, 0.29) is 35.2 Å². The van der Waals surface area contributed by atoms with Crippen LogP contribution in [0.3, 0.4) is 0 Å². The zero-order valence-electron chi connectivity index (χ0n) is 31.4. The van der Waals surface area contributed by atoms with Crippen molar-refractivity contribution in [2.45, 2.75) is 50.8 Å². The van der Waals surface area contributed by atoms with E-state index < -0.39 is 101 Å². The first-order valence-electron chi connectivity index (χ1n) is 17.1. The van der Waals surface area contributed by atoms with Gasteiger partial charge in [-0.05, 0) is 77.4 Å². The number of phenolic OH excluding ortho intramolecular Hbond substituents is 1. The van der Waals surface area contributed by atoms with E-state index in [1.54, 1.807) is 39.8 Å². The third-order valence-electron chi connectivity index (χ3n) is 10.1. The molecule has 18 nitrogen and oxygen atoms in total. The molecule has 1 aromatic heterocycles. The number of likely N-dealkylation sites (N-methyl/N-ethyl adjacent to an activating group) is 1. The molecule has 294 valence electrons. The molecule has 4 atom stereocenters. The van der Waals surface area contributed by atoms with Crippen molar-refractivity contribution in [2.75, 3.05) is 51.7 Å². The molecule has 0 radical (unpaired) electrons. The highest BCUT2D eigenvalue weighted by atomic mass is 16.7. The number of nitrogens with zero attached hydrogens (tertiary/aromatic N) is 4. The van der Waals surface area contributed by atoms with E-state index >= 15 is 0 Å². The number of pyridine rings is 1. The molecule has 3 aliphatic rings. The maximum Gasteiger partial charge on any atom is 0.413 e. The minimum Gasteiger partial charge on any atom is -0.508 e. The molecule has 0 unspecified atom stereocenters. The van der Waals surface area contributed by atoms with Gasteiger partial charge in [-0.3, -0.25) is 34.0 Å². The summed E-state index contributed by atoms with van der Waals surface area (Å²) in [4.78, 5) is 86.7. The van der Waals surface area contributed by atoms with Gasteiger partial charge in [0.1, 0.15) is 29.4 Å². The lowest BCUT2D eigenvalue weighted by atomic mass is 9.57. The molecule has 7 N–H and O–H groups in total. The first kappa shape index (κ1) is 40.2. The molecular weight excluding hydrogens is 720 g/mol. The predicted octanol–water partition coefficient (Wildman–Crippen LogP) is 1.42. The smallest absolute Gasteiger partial charge is 0.413 e. The summed E-state index contributed by atoms with van der Waals surface area (Å²) in [7, 11) is 6.37. The van der Waals surface area contributed by atoms with E-state index in [2.05, 4.69) is 10.3 Å². The van der Waals surface area contributed by atoms with Gasteiger partial charge in [-0.2, -0.15) is 0 Å². The molecule has 2 aromatic rings. The average Bonchev–Trinajstić information content (AvgIpc) is 3.09. The standard InChI is InChI=1S/C37H44N6O12/c1-36(2,3)43(35(52)55-16-54-34(51)17-8-10-39-11-9-17)15-23(44)40-21-14-22(41(4)5)19-12-18-13-20-27(42(6)7)30(47)26(33(38)50)32(49)37(20,53)31(48)24(18)29(46)25(19)28(21)45/h8-11,14,18,20,27,45-46,49,53H,12-13,15-16H2,1-7H3,(H2,38,50)(H,40,44)/t18-,20-,27-,37-/m0/s1. The largest absolute Gasteiger partial charge is 0.508 e. The fourth-order valence-electron chi connectivity index (χ4n) is 7.48. The van der Waals surface area contributed by atoms with Crippen molar-refractivity contribution < 1.29 is 58.7 Å². The van der Waals surface area contributed by atoms with Crippen molar-refractivity contribution >= 4 is 52.6 Å². The van der Waals surface area contributed by atoms with E-state index in [0.29, 0.717) is 11.3 Å². The Morgan fingerprint density at radius 2 is 1.67 bits per heavy atom. The molecule has 3 aliphatic carbocycles. The molecule has 1 saturated carbocycles. The van der Waals surface area contributed by atoms with Gasteiger partial charge in [0.15, 0.2) is 11.4 Å². The number of phenols is 1. The first-order valence-corrected chi connectivity index (χ1v) is 17.1. The highest BCUT2D eigenvalue weighted by molar-refractivity contribution is 6.24. The number of primary amides is 1. The van der Waals surface area contributed by atoms with Gasteiger partial charge in [0.25, 0.3) is 5.91 Å². The number of ether oxygens (including phenoxy) is 2. The molecule has 0 spiro atoms. The number of carbonyl (C=O) groups is 6. The fraction of sp³-hybridized carbons (Fsp3) is 0.432. The molecule has 0 saturated heterocycles. The minimum absolute atomic E-state index is 0.0270. The van der Waals surface area contributed by atoms with Crippen LogP contribution in [0.2, 0.25) is 0 Å². The zero-order valence-corrected chi connectivity index (χ0v) is 31.4. The number of nitrogens with two attached hydrogens (primary N) is 1. The molecule has 0 aliphatic heterocycles. The number of Topliss-reactive ketones (excluding diaryl/α,β-unsaturated/α-hetero) is 2. The summed E-state index contributed by atoms with van der Waals surface area (Å²) in [6.07, 6.45) is 1.71. The van der Waals surface area contributed by atoms with Gasteiger partial charge >= 0.3 is 12.1 Å². The third-order valence-corrected chi connectivity index (χ3v) is 10.1. The maximum atomic E-state index is 14.3. The lowest BCUT2D eigenvalue weighted by Crippen LogP contribution is -2.65. The Hall–Kier alpha value is -6.01. The van der Waals surface area contributed by atoms with E-state index in [0.717, 1.165) is 4.90 Å². The summed E-state index contributed by atoms with van der Waals surface area (Å²) in [5.74, 6) is -9.61. The number of anilines is 2. The SMILES string of the molecule is CN(C)c1cc(NC(=O)CN(C(=O)OCOC(=O)c2ccncc2)C(C)(C)C)c(O)c2c1C[C@H]1C[C@H]3[C@H](N(C)C)C(=O)C(C(N)=O)=C(O)[C@@]3(O)C(=O)C1=C2O. The number of hydrogen-bond donors (Lipinski definition) is 6. The minimum atomic E-state index is -2.82. The predicted molar refractivity (Wildman–Crippen MR) is 195 cm³/mol. The third kappa shape index (κ3) is 7.05. The number of fused-ring (bicyclic) bond motifs is 3. The van der Waals surface area contributed by atoms with Gasteiger partial charge in [-0.25, -0.2) is 9.59 Å². The molecule has 18 heteroatoms. The Balaban J connectivity index is 1.46. The van der Waals surface area contributed by atoms with Crippen molar-refractivity contribution in [3.05, 3.63) is 64.2 Å². The van der Waals surface area contributed by atoms with Gasteiger partial charge in [-0.15, -0.1) is 0 Å². The van der Waals surface area contributed by atoms with Crippen LogP contribution in [-0.2, 0) is 35.1 Å². The highest BCUT2D eigenvalue weighted by Crippen LogP contribution is 2.54. The Morgan fingerprint density at radius 1 is 1.04 bits per heavy atom. The second-order valence-electron chi connectivity index (χ2n) is 15.0. The van der Waals surface area contributed by atoms with Gasteiger partial charge in [0.05, 0.1) is 22.9 Å².